The first-order valence-corrected chi connectivity index (χ1v) is 10.4. The molecular formula is C21H25N5OS. The van der Waals surface area contributed by atoms with Crippen molar-refractivity contribution in [3.63, 3.8) is 0 Å². The number of carbonyl (C=O) groups excluding carboxylic acids is 1. The van der Waals surface area contributed by atoms with E-state index >= 15 is 0 Å². The first-order chi connectivity index (χ1) is 13.5. The van der Waals surface area contributed by atoms with Crippen LogP contribution in [0.3, 0.4) is 0 Å². The number of nitrogen functional groups attached to an aromatic ring is 1. The molecule has 3 aromatic rings. The topological polar surface area (TPSA) is 77.0 Å². The number of nitrogens with zero attached hydrogens (tertiary/aromatic N) is 4. The number of thiazole rings is 1. The van der Waals surface area contributed by atoms with Crippen LogP contribution in [0.2, 0.25) is 0 Å². The Balaban J connectivity index is 1.54. The average molecular weight is 396 g/mol. The highest BCUT2D eigenvalue weighted by atomic mass is 32.1. The number of benzene rings is 1. The predicted molar refractivity (Wildman–Crippen MR) is 111 cm³/mol. The molecule has 2 aromatic heterocycles. The number of nitrogens with two attached hydrogens (primary N) is 1. The van der Waals surface area contributed by atoms with Gasteiger partial charge in [0.25, 0.3) is 0 Å². The van der Waals surface area contributed by atoms with Crippen molar-refractivity contribution in [1.29, 1.82) is 0 Å². The summed E-state index contributed by atoms with van der Waals surface area (Å²) in [5.74, 6) is 0.588. The molecule has 1 amide bonds. The molecule has 146 valence electrons. The molecule has 0 radical (unpaired) electrons. The Morgan fingerprint density at radius 1 is 1.21 bits per heavy atom. The van der Waals surface area contributed by atoms with Crippen molar-refractivity contribution < 1.29 is 4.79 Å². The van der Waals surface area contributed by atoms with Gasteiger partial charge in [-0.25, -0.2) is 9.67 Å². The number of hydrogen-bond acceptors (Lipinski definition) is 5. The van der Waals surface area contributed by atoms with Gasteiger partial charge in [-0.3, -0.25) is 4.79 Å². The van der Waals surface area contributed by atoms with Crippen LogP contribution < -0.4 is 5.73 Å². The Bertz CT molecular complexity index is 970. The quantitative estimate of drug-likeness (QED) is 0.736. The Kier molecular flexibility index (Phi) is 4.93. The van der Waals surface area contributed by atoms with Gasteiger partial charge in [-0.2, -0.15) is 5.10 Å². The molecule has 6 nitrogen and oxygen atoms in total. The molecule has 0 aliphatic carbocycles. The minimum absolute atomic E-state index is 0.0610. The van der Waals surface area contributed by atoms with Crippen molar-refractivity contribution in [3.05, 3.63) is 63.7 Å². The minimum atomic E-state index is -0.135. The Hall–Kier alpha value is -2.67. The van der Waals surface area contributed by atoms with Crippen LogP contribution in [0, 0.1) is 13.8 Å². The Morgan fingerprint density at radius 3 is 2.50 bits per heavy atom. The van der Waals surface area contributed by atoms with Gasteiger partial charge >= 0.3 is 0 Å². The number of amides is 1. The second-order valence-corrected chi connectivity index (χ2v) is 8.51. The largest absolute Gasteiger partial charge is 0.384 e. The SMILES string of the molecule is Cc1cc(N)n(CC(=O)N2CCC(c3ccccc3)(c3csc(C)n3)CC2)n1. The summed E-state index contributed by atoms with van der Waals surface area (Å²) in [5, 5.41) is 7.56. The van der Waals surface area contributed by atoms with Crippen LogP contribution in [0.1, 0.15) is 34.8 Å². The molecule has 1 aromatic carbocycles. The fourth-order valence-corrected chi connectivity index (χ4v) is 4.80. The molecule has 7 heteroatoms. The molecule has 0 unspecified atom stereocenters. The third-order valence-electron chi connectivity index (χ3n) is 5.62. The van der Waals surface area contributed by atoms with Gasteiger partial charge in [0.2, 0.25) is 5.91 Å². The number of piperidine rings is 1. The number of anilines is 1. The van der Waals surface area contributed by atoms with Gasteiger partial charge in [0, 0.05) is 30.0 Å². The monoisotopic (exact) mass is 395 g/mol. The highest BCUT2D eigenvalue weighted by Crippen LogP contribution is 2.42. The summed E-state index contributed by atoms with van der Waals surface area (Å²) in [5.41, 5.74) is 9.03. The van der Waals surface area contributed by atoms with E-state index in [4.69, 9.17) is 10.7 Å². The van der Waals surface area contributed by atoms with Crippen molar-refractivity contribution in [2.75, 3.05) is 18.8 Å². The molecule has 0 atom stereocenters. The maximum atomic E-state index is 12.8. The fourth-order valence-electron chi connectivity index (χ4n) is 4.09. The van der Waals surface area contributed by atoms with Crippen LogP contribution in [0.25, 0.3) is 0 Å². The zero-order valence-corrected chi connectivity index (χ0v) is 17.1. The van der Waals surface area contributed by atoms with E-state index in [1.807, 2.05) is 24.8 Å². The smallest absolute Gasteiger partial charge is 0.244 e. The standard InChI is InChI=1S/C21H25N5OS/c1-15-12-19(22)26(24-15)13-20(27)25-10-8-21(9-11-25,17-6-4-3-5-7-17)18-14-28-16(2)23-18/h3-7,12,14H,8-11,13,22H2,1-2H3. The van der Waals surface area contributed by atoms with E-state index in [9.17, 15) is 4.79 Å². The van der Waals surface area contributed by atoms with Crippen LogP contribution in [0.15, 0.2) is 41.8 Å². The lowest BCUT2D eigenvalue weighted by atomic mass is 9.70. The summed E-state index contributed by atoms with van der Waals surface area (Å²) in [6.07, 6.45) is 1.72. The van der Waals surface area contributed by atoms with E-state index in [1.54, 1.807) is 22.1 Å². The Labute approximate surface area is 169 Å². The second-order valence-electron chi connectivity index (χ2n) is 7.45. The molecule has 4 rings (SSSR count). The van der Waals surface area contributed by atoms with Crippen LogP contribution in [0.4, 0.5) is 5.82 Å². The van der Waals surface area contributed by atoms with E-state index in [-0.39, 0.29) is 17.9 Å². The Morgan fingerprint density at radius 2 is 1.93 bits per heavy atom. The number of aromatic nitrogens is 3. The van der Waals surface area contributed by atoms with E-state index in [2.05, 4.69) is 34.7 Å². The van der Waals surface area contributed by atoms with Crippen molar-refractivity contribution in [2.45, 2.75) is 38.6 Å². The van der Waals surface area contributed by atoms with Gasteiger partial charge in [0.15, 0.2) is 0 Å². The van der Waals surface area contributed by atoms with Crippen LogP contribution in [-0.2, 0) is 16.8 Å². The summed E-state index contributed by atoms with van der Waals surface area (Å²) >= 11 is 1.69. The lowest BCUT2D eigenvalue weighted by Crippen LogP contribution is -2.47. The molecular weight excluding hydrogens is 370 g/mol. The minimum Gasteiger partial charge on any atom is -0.384 e. The van der Waals surface area contributed by atoms with Gasteiger partial charge in [0.05, 0.1) is 16.4 Å². The third-order valence-corrected chi connectivity index (χ3v) is 6.40. The van der Waals surface area contributed by atoms with Crippen molar-refractivity contribution in [3.8, 4) is 0 Å². The zero-order chi connectivity index (χ0) is 19.7. The summed E-state index contributed by atoms with van der Waals surface area (Å²) in [7, 11) is 0. The maximum Gasteiger partial charge on any atom is 0.244 e. The van der Waals surface area contributed by atoms with Gasteiger partial charge < -0.3 is 10.6 Å². The molecule has 2 N–H and O–H groups in total. The summed E-state index contributed by atoms with van der Waals surface area (Å²) in [4.78, 5) is 19.6. The van der Waals surface area contributed by atoms with E-state index in [1.165, 1.54) is 5.56 Å². The third kappa shape index (κ3) is 3.42. The lowest BCUT2D eigenvalue weighted by molar-refractivity contribution is -0.133. The van der Waals surface area contributed by atoms with Gasteiger partial charge in [-0.1, -0.05) is 30.3 Å². The molecule has 0 saturated carbocycles. The van der Waals surface area contributed by atoms with Crippen LogP contribution in [-0.4, -0.2) is 38.7 Å². The van der Waals surface area contributed by atoms with Crippen molar-refractivity contribution >= 4 is 23.1 Å². The number of rotatable bonds is 4. The number of hydrogen-bond donors (Lipinski definition) is 1. The maximum absolute atomic E-state index is 12.8. The summed E-state index contributed by atoms with van der Waals surface area (Å²) < 4.78 is 1.58. The highest BCUT2D eigenvalue weighted by Gasteiger charge is 2.40. The second kappa shape index (κ2) is 7.39. The molecule has 28 heavy (non-hydrogen) atoms. The number of carbonyl (C=O) groups is 1. The average Bonchev–Trinajstić information content (AvgIpc) is 3.27. The highest BCUT2D eigenvalue weighted by molar-refractivity contribution is 7.09. The summed E-state index contributed by atoms with van der Waals surface area (Å²) in [6.45, 7) is 5.51. The first kappa shape index (κ1) is 18.7. The number of likely N-dealkylation sites (tertiary alicyclic amines) is 1. The predicted octanol–water partition coefficient (Wildman–Crippen LogP) is 3.15. The van der Waals surface area contributed by atoms with Crippen LogP contribution in [0.5, 0.6) is 0 Å². The van der Waals surface area contributed by atoms with Gasteiger partial charge in [-0.05, 0) is 32.3 Å². The summed E-state index contributed by atoms with van der Waals surface area (Å²) in [6, 6.07) is 12.3. The van der Waals surface area contributed by atoms with Gasteiger partial charge in [0.1, 0.15) is 12.4 Å². The first-order valence-electron chi connectivity index (χ1n) is 9.54. The van der Waals surface area contributed by atoms with Gasteiger partial charge in [-0.15, -0.1) is 11.3 Å². The van der Waals surface area contributed by atoms with Crippen LogP contribution >= 0.6 is 11.3 Å². The molecule has 1 saturated heterocycles. The molecule has 1 aliphatic rings. The van der Waals surface area contributed by atoms with E-state index in [0.29, 0.717) is 18.9 Å². The molecule has 3 heterocycles. The lowest BCUT2D eigenvalue weighted by Gasteiger charge is -2.41. The molecule has 1 fully saturated rings. The fraction of sp³-hybridized carbons (Fsp3) is 0.381. The zero-order valence-electron chi connectivity index (χ0n) is 16.3. The molecule has 0 bridgehead atoms. The molecule has 0 spiro atoms. The molecule has 1 aliphatic heterocycles. The van der Waals surface area contributed by atoms with Crippen molar-refractivity contribution in [2.24, 2.45) is 0 Å². The van der Waals surface area contributed by atoms with E-state index < -0.39 is 0 Å². The van der Waals surface area contributed by atoms with E-state index in [0.717, 1.165) is 29.2 Å². The van der Waals surface area contributed by atoms with Crippen molar-refractivity contribution in [1.82, 2.24) is 19.7 Å². The normalized spacial score (nSPS) is 16.3. The number of aryl methyl sites for hydroxylation is 2.